The van der Waals surface area contributed by atoms with Gasteiger partial charge < -0.3 is 25.4 Å². The monoisotopic (exact) mass is 1320 g/mol. The third-order valence-corrected chi connectivity index (χ3v) is 28.8. The number of nitrogens with zero attached hydrogens (tertiary/aromatic N) is 6. The molecule has 19 rings (SSSR count). The number of amides is 3. The summed E-state index contributed by atoms with van der Waals surface area (Å²) in [5.74, 6) is 5.30. The smallest absolute Gasteiger partial charge is 0.313 e. The zero-order chi connectivity index (χ0) is 66.2. The van der Waals surface area contributed by atoms with E-state index in [2.05, 4.69) is 57.7 Å². The molecule has 6 atom stereocenters. The van der Waals surface area contributed by atoms with E-state index >= 15 is 0 Å². The zero-order valence-corrected chi connectivity index (χ0v) is 59.8. The van der Waals surface area contributed by atoms with Crippen LogP contribution in [0.3, 0.4) is 0 Å². The minimum absolute atomic E-state index is 0.0468. The van der Waals surface area contributed by atoms with Crippen molar-refractivity contribution in [2.45, 2.75) is 340 Å². The van der Waals surface area contributed by atoms with Crippen LogP contribution in [0.5, 0.6) is 0 Å². The predicted octanol–water partition coefficient (Wildman–Crippen LogP) is 15.8. The molecule has 16 heteroatoms. The van der Waals surface area contributed by atoms with Crippen molar-refractivity contribution in [1.82, 2.24) is 45.3 Å². The van der Waals surface area contributed by atoms with Gasteiger partial charge in [0.05, 0.1) is 43.2 Å². The van der Waals surface area contributed by atoms with Gasteiger partial charge in [-0.25, -0.2) is 0 Å². The van der Waals surface area contributed by atoms with Crippen LogP contribution in [-0.4, -0.2) is 90.3 Å². The second-order valence-electron chi connectivity index (χ2n) is 35.2. The lowest BCUT2D eigenvalue weighted by molar-refractivity contribution is -0.146. The first kappa shape index (κ1) is 66.8. The van der Waals surface area contributed by atoms with Crippen molar-refractivity contribution in [1.29, 1.82) is 0 Å². The largest absolute Gasteiger partial charge is 0.466 e. The average Bonchev–Trinajstić information content (AvgIpc) is 1.35. The molecule has 16 nitrogen and oxygen atoms in total. The summed E-state index contributed by atoms with van der Waals surface area (Å²) >= 11 is 0. The maximum Gasteiger partial charge on any atom is 0.313 e. The van der Waals surface area contributed by atoms with E-state index in [0.717, 1.165) is 135 Å². The molecular weight excluding hydrogens is 1200 g/mol. The number of rotatable bonds is 14. The number of carbonyl (C=O) groups excluding carboxylic acids is 5. The van der Waals surface area contributed by atoms with Crippen LogP contribution in [0.2, 0.25) is 0 Å². The highest BCUT2D eigenvalue weighted by atomic mass is 16.5. The summed E-state index contributed by atoms with van der Waals surface area (Å²) in [6.07, 6.45) is 46.6. The Hall–Kier alpha value is -5.02. The van der Waals surface area contributed by atoms with Crippen LogP contribution in [0.15, 0.2) is 0 Å². The number of fused-ring (bicyclic) bond motifs is 5. The first-order valence-electron chi connectivity index (χ1n) is 40.1. The molecule has 16 aliphatic rings. The van der Waals surface area contributed by atoms with E-state index in [1.165, 1.54) is 185 Å². The van der Waals surface area contributed by atoms with Gasteiger partial charge in [-0.2, -0.15) is 15.3 Å². The normalized spacial score (nSPS) is 34.9. The van der Waals surface area contributed by atoms with Gasteiger partial charge in [-0.1, -0.05) is 78.6 Å². The van der Waals surface area contributed by atoms with Crippen molar-refractivity contribution in [3.8, 4) is 0 Å². The van der Waals surface area contributed by atoms with Gasteiger partial charge in [-0.05, 0) is 277 Å². The van der Waals surface area contributed by atoms with Crippen molar-refractivity contribution >= 4 is 29.7 Å². The van der Waals surface area contributed by atoms with Crippen LogP contribution >= 0.6 is 0 Å². The van der Waals surface area contributed by atoms with Crippen LogP contribution in [0.4, 0.5) is 0 Å². The number of carbonyl (C=O) groups is 5. The second kappa shape index (κ2) is 27.5. The summed E-state index contributed by atoms with van der Waals surface area (Å²) in [7, 11) is 0. The molecule has 0 saturated heterocycles. The predicted molar refractivity (Wildman–Crippen MR) is 371 cm³/mol. The maximum absolute atomic E-state index is 13.9. The molecule has 3 amide bonds. The lowest BCUT2D eigenvalue weighted by Crippen LogP contribution is -2.56. The van der Waals surface area contributed by atoms with Gasteiger partial charge in [0.2, 0.25) is 0 Å². The van der Waals surface area contributed by atoms with Gasteiger partial charge in [-0.3, -0.25) is 38.0 Å². The molecule has 13 saturated carbocycles. The van der Waals surface area contributed by atoms with Gasteiger partial charge in [0, 0.05) is 51.9 Å². The minimum Gasteiger partial charge on any atom is -0.466 e. The van der Waals surface area contributed by atoms with Gasteiger partial charge in [-0.15, -0.1) is 0 Å². The molecule has 3 heterocycles. The maximum atomic E-state index is 13.9. The van der Waals surface area contributed by atoms with E-state index in [4.69, 9.17) is 24.8 Å². The molecule has 3 aromatic heterocycles. The number of hydrogen-bond acceptors (Lipinski definition) is 10. The summed E-state index contributed by atoms with van der Waals surface area (Å²) in [5.41, 5.74) is 8.99. The summed E-state index contributed by atoms with van der Waals surface area (Å²) < 4.78 is 17.5. The topological polar surface area (TPSA) is 193 Å². The van der Waals surface area contributed by atoms with Gasteiger partial charge in [0.15, 0.2) is 17.1 Å². The van der Waals surface area contributed by atoms with E-state index in [1.54, 1.807) is 0 Å². The van der Waals surface area contributed by atoms with E-state index in [1.807, 2.05) is 13.8 Å². The van der Waals surface area contributed by atoms with Crippen LogP contribution in [0, 0.1) is 63.6 Å². The summed E-state index contributed by atoms with van der Waals surface area (Å²) in [5, 5.41) is 25.4. The molecule has 13 fully saturated rings. The fraction of sp³-hybridized carbons (Fsp3) is 0.825. The standard InChI is InChI=1S/C27H39N3O3.C27H41N3O3.C26H39N3O/c1-2-33-27(32)21-9-6-10-22-23(21)25(29-30(22)20-7-4-3-5-8-20)26(31)28-24-18-12-16-11-17(14-18)15-19(24)13-16;1-5-33-24(32)19-12-9-13-20-21(19)22(29-30(20)18-10-7-6-8-11-18)23(31)28-25-26(2,3)17-14-15-27(25,4)16-17;1-17(26-14-18-11-19(15-26)13-20(12-18)16-26)27-25(30)24-22-9-5-6-10-23(22)29(28-24)21-7-3-2-4-8-21/h16-21,24H,2-15H2,1H3,(H,28,31);17-19,25H,5-16H2,1-4H3,(H,28,31);17-21H,2-16H2,1H3,(H,27,30). The SMILES string of the molecule is CC(NC(=O)c1nn(C2CCCCC2)c2c1CCCC2)C12CC3CC(CC(C3)C1)C2.CCOC(=O)C1CCCc2c1c(C(=O)NC1C3(C)CCC(C3)C1(C)C)nn2C1CCCCC1.CCOC(=O)C1CCCc2c1c(C(=O)NC1C3CC4CC(C3)CC1C4)nn2C1CCCCC1. The molecule has 3 aromatic rings. The number of ether oxygens (including phenoxy) is 2. The van der Waals surface area contributed by atoms with Crippen LogP contribution in [0.25, 0.3) is 0 Å². The Balaban J connectivity index is 0.000000118. The van der Waals surface area contributed by atoms with Gasteiger partial charge >= 0.3 is 11.9 Å². The van der Waals surface area contributed by atoms with Crippen LogP contribution < -0.4 is 16.0 Å². The Kier molecular flexibility index (Phi) is 19.1. The van der Waals surface area contributed by atoms with Crippen LogP contribution in [-0.2, 0) is 44.7 Å². The summed E-state index contributed by atoms with van der Waals surface area (Å²) in [6, 6.07) is 1.91. The third-order valence-electron chi connectivity index (χ3n) is 28.8. The van der Waals surface area contributed by atoms with Crippen molar-refractivity contribution in [2.75, 3.05) is 13.2 Å². The minimum atomic E-state index is -0.379. The van der Waals surface area contributed by atoms with Gasteiger partial charge in [0.1, 0.15) is 0 Å². The Morgan fingerprint density at radius 2 is 0.917 bits per heavy atom. The molecule has 0 spiro atoms. The lowest BCUT2D eigenvalue weighted by atomic mass is 9.48. The highest BCUT2D eigenvalue weighted by Gasteiger charge is 2.60. The molecule has 16 aliphatic carbocycles. The van der Waals surface area contributed by atoms with Crippen molar-refractivity contribution < 1.29 is 33.4 Å². The van der Waals surface area contributed by atoms with E-state index in [-0.39, 0.29) is 70.5 Å². The van der Waals surface area contributed by atoms with Crippen molar-refractivity contribution in [2.24, 2.45) is 63.6 Å². The van der Waals surface area contributed by atoms with Crippen molar-refractivity contribution in [3.63, 3.8) is 0 Å². The number of esters is 2. The highest BCUT2D eigenvalue weighted by molar-refractivity contribution is 5.98. The fourth-order valence-corrected chi connectivity index (χ4v) is 24.8. The van der Waals surface area contributed by atoms with Crippen molar-refractivity contribution in [3.05, 3.63) is 50.9 Å². The Morgan fingerprint density at radius 3 is 1.39 bits per heavy atom. The number of nitrogens with one attached hydrogen (secondary N) is 3. The Morgan fingerprint density at radius 1 is 0.479 bits per heavy atom. The zero-order valence-electron chi connectivity index (χ0n) is 59.8. The highest BCUT2D eigenvalue weighted by Crippen LogP contribution is 2.64. The molecule has 0 radical (unpaired) electrons. The number of hydrogen-bond donors (Lipinski definition) is 3. The van der Waals surface area contributed by atoms with E-state index in [9.17, 15) is 24.0 Å². The first-order chi connectivity index (χ1) is 46.5. The Bertz CT molecular complexity index is 3290. The fourth-order valence-electron chi connectivity index (χ4n) is 24.8. The van der Waals surface area contributed by atoms with E-state index < -0.39 is 0 Å². The summed E-state index contributed by atoms with van der Waals surface area (Å²) in [4.78, 5) is 67.0. The molecule has 0 aliphatic heterocycles. The average molecular weight is 1320 g/mol. The quantitative estimate of drug-likeness (QED) is 0.131. The van der Waals surface area contributed by atoms with Gasteiger partial charge in [0.25, 0.3) is 17.7 Å². The Labute approximate surface area is 573 Å². The molecule has 0 aromatic carbocycles. The molecule has 96 heavy (non-hydrogen) atoms. The lowest BCUT2D eigenvalue weighted by Gasteiger charge is -2.59. The molecule has 3 N–H and O–H groups in total. The molecule has 526 valence electrons. The third kappa shape index (κ3) is 12.6. The second-order valence-corrected chi connectivity index (χ2v) is 35.2. The van der Waals surface area contributed by atoms with Crippen LogP contribution in [0.1, 0.15) is 361 Å². The summed E-state index contributed by atoms with van der Waals surface area (Å²) in [6.45, 7) is 13.7. The van der Waals surface area contributed by atoms with E-state index in [0.29, 0.717) is 65.9 Å². The molecule has 6 unspecified atom stereocenters. The molecule has 10 bridgehead atoms. The number of aromatic nitrogens is 6. The first-order valence-corrected chi connectivity index (χ1v) is 40.1. The molecular formula is C80H119N9O7.